The van der Waals surface area contributed by atoms with Crippen molar-refractivity contribution in [3.8, 4) is 0 Å². The molecule has 5 nitrogen and oxygen atoms in total. The first kappa shape index (κ1) is 24.8. The molecule has 0 amide bonds. The van der Waals surface area contributed by atoms with Gasteiger partial charge in [0.05, 0.1) is 22.7 Å². The van der Waals surface area contributed by atoms with Gasteiger partial charge < -0.3 is 0 Å². The molecule has 0 aliphatic rings. The average molecular weight is 487 g/mol. The summed E-state index contributed by atoms with van der Waals surface area (Å²) in [5.74, 6) is 0. The van der Waals surface area contributed by atoms with Crippen molar-refractivity contribution >= 4 is 32.9 Å². The lowest BCUT2D eigenvalue weighted by atomic mass is 10.2. The molecule has 34 heavy (non-hydrogen) atoms. The third-order valence-electron chi connectivity index (χ3n) is 4.50. The van der Waals surface area contributed by atoms with Gasteiger partial charge in [0.25, 0.3) is 0 Å². The largest absolute Gasteiger partial charge is 0.522 e. The minimum Gasteiger partial charge on any atom is -0.279 e. The fourth-order valence-electron chi connectivity index (χ4n) is 3.04. The molecular formula is C25H21F3N2O3S. The lowest BCUT2D eigenvalue weighted by Gasteiger charge is -2.38. The van der Waals surface area contributed by atoms with Gasteiger partial charge in [-0.25, -0.2) is 10.0 Å². The Kier molecular flexibility index (Phi) is 7.93. The zero-order chi connectivity index (χ0) is 24.6. The molecule has 0 saturated heterocycles. The van der Waals surface area contributed by atoms with Crippen LogP contribution in [-0.4, -0.2) is 18.5 Å². The molecule has 1 N–H and O–H groups in total. The zero-order valence-corrected chi connectivity index (χ0v) is 18.6. The second-order valence-electron chi connectivity index (χ2n) is 6.89. The maximum atomic E-state index is 10.7. The molecule has 0 fully saturated rings. The summed E-state index contributed by atoms with van der Waals surface area (Å²) in [4.78, 5) is 0. The highest BCUT2D eigenvalue weighted by Crippen LogP contribution is 2.36. The second kappa shape index (κ2) is 10.9. The van der Waals surface area contributed by atoms with E-state index in [4.69, 9.17) is 13.0 Å². The first-order valence-corrected chi connectivity index (χ1v) is 11.5. The number of para-hydroxylation sites is 4. The summed E-state index contributed by atoms with van der Waals surface area (Å²) >= 11 is 0. The molecule has 0 unspecified atom stereocenters. The number of alkyl halides is 3. The van der Waals surface area contributed by atoms with Gasteiger partial charge in [-0.1, -0.05) is 72.8 Å². The van der Waals surface area contributed by atoms with Crippen molar-refractivity contribution in [1.82, 2.24) is 0 Å². The Balaban J connectivity index is 0.000000350. The van der Waals surface area contributed by atoms with E-state index in [0.29, 0.717) is 0 Å². The van der Waals surface area contributed by atoms with E-state index in [0.717, 1.165) is 22.7 Å². The third kappa shape index (κ3) is 6.37. The van der Waals surface area contributed by atoms with E-state index in [2.05, 4.69) is 107 Å². The molecule has 0 bridgehead atoms. The van der Waals surface area contributed by atoms with Crippen molar-refractivity contribution in [3.63, 3.8) is 0 Å². The topological polar surface area (TPSA) is 60.9 Å². The van der Waals surface area contributed by atoms with Gasteiger partial charge in [0.15, 0.2) is 0 Å². The van der Waals surface area contributed by atoms with Crippen molar-refractivity contribution in [1.29, 1.82) is 0 Å². The predicted molar refractivity (Wildman–Crippen MR) is 128 cm³/mol. The highest BCUT2D eigenvalue weighted by atomic mass is 32.2. The highest BCUT2D eigenvalue weighted by Gasteiger charge is 2.44. The molecule has 176 valence electrons. The number of rotatable bonds is 5. The standard InChI is InChI=1S/C24H20N2.CHF3O3S/c1-5-13-21(14-6-1)25(22-15-7-2-8-16-22)26(23-17-9-3-10-18-23)24-19-11-4-12-20-24;2-1(3,4)8(5,6)7/h1-20H;(H,5,6,7). The summed E-state index contributed by atoms with van der Waals surface area (Å²) in [6.07, 6.45) is 0. The minimum atomic E-state index is -5.84. The summed E-state index contributed by atoms with van der Waals surface area (Å²) < 4.78 is 57.5. The lowest BCUT2D eigenvalue weighted by molar-refractivity contribution is -0.0510. The highest BCUT2D eigenvalue weighted by molar-refractivity contribution is 7.86. The van der Waals surface area contributed by atoms with Crippen LogP contribution in [0.1, 0.15) is 0 Å². The summed E-state index contributed by atoms with van der Waals surface area (Å²) in [7, 11) is -5.84. The molecule has 0 spiro atoms. The number of benzene rings is 4. The average Bonchev–Trinajstić information content (AvgIpc) is 2.84. The van der Waals surface area contributed by atoms with Gasteiger partial charge in [-0.2, -0.15) is 21.6 Å². The Morgan fingerprint density at radius 1 is 0.500 bits per heavy atom. The number of hydrazine groups is 1. The number of anilines is 4. The maximum absolute atomic E-state index is 10.7. The maximum Gasteiger partial charge on any atom is 0.522 e. The van der Waals surface area contributed by atoms with Crippen molar-refractivity contribution in [2.24, 2.45) is 0 Å². The van der Waals surface area contributed by atoms with Gasteiger partial charge in [0, 0.05) is 0 Å². The van der Waals surface area contributed by atoms with Crippen LogP contribution in [0.5, 0.6) is 0 Å². The van der Waals surface area contributed by atoms with Gasteiger partial charge in [-0.15, -0.1) is 0 Å². The Morgan fingerprint density at radius 2 is 0.676 bits per heavy atom. The molecular weight excluding hydrogens is 465 g/mol. The second-order valence-corrected chi connectivity index (χ2v) is 8.30. The van der Waals surface area contributed by atoms with Crippen LogP contribution in [0.3, 0.4) is 0 Å². The summed E-state index contributed by atoms with van der Waals surface area (Å²) in [6.45, 7) is 0. The summed E-state index contributed by atoms with van der Waals surface area (Å²) in [5, 5.41) is 4.48. The molecule has 0 aliphatic carbocycles. The van der Waals surface area contributed by atoms with Crippen LogP contribution in [-0.2, 0) is 10.1 Å². The molecule has 0 aromatic heterocycles. The number of halogens is 3. The van der Waals surface area contributed by atoms with E-state index in [1.807, 2.05) is 24.3 Å². The summed E-state index contributed by atoms with van der Waals surface area (Å²) in [6, 6.07) is 41.8. The van der Waals surface area contributed by atoms with Crippen LogP contribution in [0.4, 0.5) is 35.9 Å². The third-order valence-corrected chi connectivity index (χ3v) is 5.08. The molecule has 0 saturated carbocycles. The number of hydrogen-bond donors (Lipinski definition) is 1. The van der Waals surface area contributed by atoms with E-state index in [1.54, 1.807) is 0 Å². The van der Waals surface area contributed by atoms with Crippen molar-refractivity contribution in [2.75, 3.05) is 10.0 Å². The minimum absolute atomic E-state index is 1.10. The van der Waals surface area contributed by atoms with Gasteiger partial charge in [0.2, 0.25) is 0 Å². The lowest BCUT2D eigenvalue weighted by Crippen LogP contribution is -2.35. The van der Waals surface area contributed by atoms with E-state index in [9.17, 15) is 13.2 Å². The van der Waals surface area contributed by atoms with Gasteiger partial charge in [-0.3, -0.25) is 4.55 Å². The van der Waals surface area contributed by atoms with Crippen LogP contribution in [0.25, 0.3) is 0 Å². The molecule has 0 radical (unpaired) electrons. The summed E-state index contributed by atoms with van der Waals surface area (Å²) in [5.41, 5.74) is -1.12. The Hall–Kier alpha value is -3.82. The monoisotopic (exact) mass is 486 g/mol. The van der Waals surface area contributed by atoms with E-state index < -0.39 is 15.6 Å². The predicted octanol–water partition coefficient (Wildman–Crippen LogP) is 6.97. The first-order valence-electron chi connectivity index (χ1n) is 10.0. The molecule has 0 heterocycles. The van der Waals surface area contributed by atoms with Crippen molar-refractivity contribution < 1.29 is 26.1 Å². The van der Waals surface area contributed by atoms with Crippen LogP contribution < -0.4 is 10.0 Å². The van der Waals surface area contributed by atoms with Crippen LogP contribution in [0, 0.1) is 0 Å². The van der Waals surface area contributed by atoms with Crippen molar-refractivity contribution in [3.05, 3.63) is 121 Å². The van der Waals surface area contributed by atoms with Crippen molar-refractivity contribution in [2.45, 2.75) is 5.51 Å². The first-order chi connectivity index (χ1) is 16.2. The molecule has 0 aliphatic heterocycles. The van der Waals surface area contributed by atoms with Gasteiger partial charge in [-0.05, 0) is 48.5 Å². The fraction of sp³-hybridized carbons (Fsp3) is 0.0400. The van der Waals surface area contributed by atoms with Crippen LogP contribution >= 0.6 is 0 Å². The van der Waals surface area contributed by atoms with Gasteiger partial charge >= 0.3 is 15.6 Å². The van der Waals surface area contributed by atoms with Crippen LogP contribution in [0.15, 0.2) is 121 Å². The zero-order valence-electron chi connectivity index (χ0n) is 17.7. The van der Waals surface area contributed by atoms with E-state index in [-0.39, 0.29) is 0 Å². The fourth-order valence-corrected chi connectivity index (χ4v) is 3.04. The Morgan fingerprint density at radius 3 is 0.824 bits per heavy atom. The van der Waals surface area contributed by atoms with E-state index >= 15 is 0 Å². The number of nitrogens with zero attached hydrogens (tertiary/aromatic N) is 2. The molecule has 9 heteroatoms. The number of hydrogen-bond acceptors (Lipinski definition) is 4. The smallest absolute Gasteiger partial charge is 0.279 e. The van der Waals surface area contributed by atoms with Crippen LogP contribution in [0.2, 0.25) is 0 Å². The normalized spacial score (nSPS) is 11.2. The van der Waals surface area contributed by atoms with Gasteiger partial charge in [0.1, 0.15) is 0 Å². The van der Waals surface area contributed by atoms with E-state index in [1.165, 1.54) is 0 Å². The molecule has 4 aromatic rings. The Labute approximate surface area is 196 Å². The molecule has 0 atom stereocenters. The SMILES string of the molecule is O=S(=O)(O)C(F)(F)F.c1ccc(N(c2ccccc2)N(c2ccccc2)c2ccccc2)cc1. The Bertz CT molecular complexity index is 1100. The molecule has 4 rings (SSSR count). The molecule has 4 aromatic carbocycles. The quantitative estimate of drug-likeness (QED) is 0.187.